The van der Waals surface area contributed by atoms with Crippen molar-refractivity contribution >= 4 is 17.6 Å². The van der Waals surface area contributed by atoms with Crippen molar-refractivity contribution in [2.24, 2.45) is 0 Å². The zero-order valence-corrected chi connectivity index (χ0v) is 11.2. The number of carbonyl (C=O) groups is 2. The molecule has 1 aromatic carbocycles. The minimum absolute atomic E-state index is 0.0555. The smallest absolute Gasteiger partial charge is 0.307 e. The van der Waals surface area contributed by atoms with Crippen molar-refractivity contribution in [2.45, 2.75) is 25.3 Å². The lowest BCUT2D eigenvalue weighted by molar-refractivity contribution is -0.141. The number of methoxy groups -OCH3 is 1. The molecule has 1 aliphatic rings. The van der Waals surface area contributed by atoms with Crippen LogP contribution in [0.3, 0.4) is 0 Å². The second-order valence-corrected chi connectivity index (χ2v) is 4.59. The molecule has 19 heavy (non-hydrogen) atoms. The van der Waals surface area contributed by atoms with Gasteiger partial charge in [0.1, 0.15) is 0 Å². The quantitative estimate of drug-likeness (QED) is 0.805. The van der Waals surface area contributed by atoms with Crippen molar-refractivity contribution in [3.8, 4) is 0 Å². The molecule has 1 aromatic rings. The van der Waals surface area contributed by atoms with Crippen LogP contribution < -0.4 is 10.6 Å². The number of benzene rings is 1. The first-order valence-corrected chi connectivity index (χ1v) is 6.30. The highest BCUT2D eigenvalue weighted by Crippen LogP contribution is 2.27. The molecule has 1 aliphatic heterocycles. The van der Waals surface area contributed by atoms with Gasteiger partial charge in [0.15, 0.2) is 0 Å². The second-order valence-electron chi connectivity index (χ2n) is 4.59. The first kappa shape index (κ1) is 13.5. The third-order valence-electron chi connectivity index (χ3n) is 3.37. The Bertz CT molecular complexity index is 499. The Balaban J connectivity index is 2.20. The summed E-state index contributed by atoms with van der Waals surface area (Å²) in [5, 5.41) is 5.96. The summed E-state index contributed by atoms with van der Waals surface area (Å²) in [5.41, 5.74) is 3.01. The maximum atomic E-state index is 11.4. The molecule has 2 N–H and O–H groups in total. The van der Waals surface area contributed by atoms with Crippen LogP contribution in [0.5, 0.6) is 0 Å². The molecule has 2 rings (SSSR count). The van der Waals surface area contributed by atoms with Crippen molar-refractivity contribution in [3.63, 3.8) is 0 Å². The van der Waals surface area contributed by atoms with E-state index in [4.69, 9.17) is 4.74 Å². The summed E-state index contributed by atoms with van der Waals surface area (Å²) in [6.07, 6.45) is 1.54. The molecule has 0 bridgehead atoms. The predicted octanol–water partition coefficient (Wildman–Crippen LogP) is 1.39. The maximum Gasteiger partial charge on any atom is 0.307 e. The number of hydrogen-bond donors (Lipinski definition) is 2. The third-order valence-corrected chi connectivity index (χ3v) is 3.37. The average Bonchev–Trinajstić information content (AvgIpc) is 2.43. The number of aryl methyl sites for hydroxylation is 1. The highest BCUT2D eigenvalue weighted by molar-refractivity contribution is 5.93. The van der Waals surface area contributed by atoms with E-state index in [-0.39, 0.29) is 24.3 Å². The van der Waals surface area contributed by atoms with Crippen LogP contribution in [-0.4, -0.2) is 26.0 Å². The minimum Gasteiger partial charge on any atom is -0.469 e. The van der Waals surface area contributed by atoms with E-state index in [9.17, 15) is 9.59 Å². The molecule has 1 atom stereocenters. The van der Waals surface area contributed by atoms with Crippen molar-refractivity contribution in [2.75, 3.05) is 19.5 Å². The Labute approximate surface area is 112 Å². The summed E-state index contributed by atoms with van der Waals surface area (Å²) < 4.78 is 4.69. The van der Waals surface area contributed by atoms with E-state index in [1.165, 1.54) is 7.11 Å². The van der Waals surface area contributed by atoms with Gasteiger partial charge in [0.05, 0.1) is 13.5 Å². The Hall–Kier alpha value is -1.88. The molecule has 0 spiro atoms. The van der Waals surface area contributed by atoms with Crippen molar-refractivity contribution in [3.05, 3.63) is 29.3 Å². The number of rotatable bonds is 4. The monoisotopic (exact) mass is 262 g/mol. The van der Waals surface area contributed by atoms with E-state index in [0.29, 0.717) is 6.42 Å². The molecule has 5 heteroatoms. The topological polar surface area (TPSA) is 67.4 Å². The largest absolute Gasteiger partial charge is 0.469 e. The van der Waals surface area contributed by atoms with E-state index >= 15 is 0 Å². The van der Waals surface area contributed by atoms with Crippen LogP contribution in [0.25, 0.3) is 0 Å². The standard InChI is InChI=1S/C14H18N2O3/c1-15-12(8-14(18)19-2)10-3-5-11-9(7-10)4-6-13(17)16-11/h3,5,7,12,15H,4,6,8H2,1-2H3,(H,16,17). The molecule has 0 aliphatic carbocycles. The van der Waals surface area contributed by atoms with Crippen LogP contribution >= 0.6 is 0 Å². The number of carbonyl (C=O) groups excluding carboxylic acids is 2. The van der Waals surface area contributed by atoms with Crippen molar-refractivity contribution in [1.82, 2.24) is 5.32 Å². The zero-order chi connectivity index (χ0) is 13.8. The van der Waals surface area contributed by atoms with E-state index in [1.807, 2.05) is 25.2 Å². The van der Waals surface area contributed by atoms with Crippen LogP contribution in [0.2, 0.25) is 0 Å². The summed E-state index contributed by atoms with van der Waals surface area (Å²) in [7, 11) is 3.20. The number of fused-ring (bicyclic) bond motifs is 1. The Morgan fingerprint density at radius 2 is 2.26 bits per heavy atom. The molecule has 0 aromatic heterocycles. The molecule has 1 unspecified atom stereocenters. The lowest BCUT2D eigenvalue weighted by Crippen LogP contribution is -2.22. The highest BCUT2D eigenvalue weighted by Gasteiger charge is 2.19. The normalized spacial score (nSPS) is 15.4. The lowest BCUT2D eigenvalue weighted by Gasteiger charge is -2.21. The number of esters is 1. The minimum atomic E-state index is -0.245. The molecule has 1 heterocycles. The molecule has 0 saturated heterocycles. The number of ether oxygens (including phenoxy) is 1. The van der Waals surface area contributed by atoms with E-state index in [2.05, 4.69) is 10.6 Å². The second kappa shape index (κ2) is 5.84. The van der Waals surface area contributed by atoms with E-state index in [1.54, 1.807) is 0 Å². The number of anilines is 1. The third kappa shape index (κ3) is 3.12. The fourth-order valence-electron chi connectivity index (χ4n) is 2.26. The Kier molecular flexibility index (Phi) is 4.16. The van der Waals surface area contributed by atoms with Crippen LogP contribution in [0, 0.1) is 0 Å². The van der Waals surface area contributed by atoms with Gasteiger partial charge < -0.3 is 15.4 Å². The average molecular weight is 262 g/mol. The predicted molar refractivity (Wildman–Crippen MR) is 71.8 cm³/mol. The van der Waals surface area contributed by atoms with E-state index in [0.717, 1.165) is 23.2 Å². The molecular weight excluding hydrogens is 244 g/mol. The molecular formula is C14H18N2O3. The summed E-state index contributed by atoms with van der Waals surface area (Å²) >= 11 is 0. The summed E-state index contributed by atoms with van der Waals surface area (Å²) in [6.45, 7) is 0. The van der Waals surface area contributed by atoms with Gasteiger partial charge in [-0.3, -0.25) is 9.59 Å². The van der Waals surface area contributed by atoms with Gasteiger partial charge in [-0.05, 0) is 30.7 Å². The Morgan fingerprint density at radius 3 is 2.95 bits per heavy atom. The maximum absolute atomic E-state index is 11.4. The summed E-state index contributed by atoms with van der Waals surface area (Å²) in [4.78, 5) is 22.7. The highest BCUT2D eigenvalue weighted by atomic mass is 16.5. The fraction of sp³-hybridized carbons (Fsp3) is 0.429. The van der Waals surface area contributed by atoms with Crippen LogP contribution in [0.15, 0.2) is 18.2 Å². The summed E-state index contributed by atoms with van der Waals surface area (Å²) in [5.74, 6) is -0.189. The molecule has 0 radical (unpaired) electrons. The first-order chi connectivity index (χ1) is 9.13. The van der Waals surface area contributed by atoms with E-state index < -0.39 is 0 Å². The number of nitrogens with one attached hydrogen (secondary N) is 2. The Morgan fingerprint density at radius 1 is 1.47 bits per heavy atom. The zero-order valence-electron chi connectivity index (χ0n) is 11.2. The van der Waals surface area contributed by atoms with Gasteiger partial charge in [0.2, 0.25) is 5.91 Å². The molecule has 5 nitrogen and oxygen atoms in total. The van der Waals surface area contributed by atoms with Gasteiger partial charge >= 0.3 is 5.97 Å². The number of hydrogen-bond acceptors (Lipinski definition) is 4. The van der Waals surface area contributed by atoms with Gasteiger partial charge in [0.25, 0.3) is 0 Å². The van der Waals surface area contributed by atoms with Gasteiger partial charge in [-0.2, -0.15) is 0 Å². The SMILES string of the molecule is CNC(CC(=O)OC)c1ccc2c(c1)CCC(=O)N2. The van der Waals surface area contributed by atoms with Crippen LogP contribution in [-0.2, 0) is 20.7 Å². The van der Waals surface area contributed by atoms with Gasteiger partial charge in [-0.1, -0.05) is 12.1 Å². The number of amides is 1. The van der Waals surface area contributed by atoms with Crippen molar-refractivity contribution < 1.29 is 14.3 Å². The molecule has 0 fully saturated rings. The van der Waals surface area contributed by atoms with Gasteiger partial charge in [-0.25, -0.2) is 0 Å². The van der Waals surface area contributed by atoms with Crippen LogP contribution in [0.4, 0.5) is 5.69 Å². The van der Waals surface area contributed by atoms with Gasteiger partial charge in [-0.15, -0.1) is 0 Å². The molecule has 1 amide bonds. The summed E-state index contributed by atoms with van der Waals surface area (Å²) in [6, 6.07) is 5.78. The first-order valence-electron chi connectivity index (χ1n) is 6.30. The van der Waals surface area contributed by atoms with Gasteiger partial charge in [0, 0.05) is 18.2 Å². The van der Waals surface area contributed by atoms with Crippen LogP contribution in [0.1, 0.15) is 30.0 Å². The van der Waals surface area contributed by atoms with Crippen molar-refractivity contribution in [1.29, 1.82) is 0 Å². The molecule has 0 saturated carbocycles. The fourth-order valence-corrected chi connectivity index (χ4v) is 2.26. The lowest BCUT2D eigenvalue weighted by atomic mass is 9.96. The molecule has 102 valence electrons.